The predicted octanol–water partition coefficient (Wildman–Crippen LogP) is 2.70. The van der Waals surface area contributed by atoms with Crippen LogP contribution >= 0.6 is 12.4 Å². The summed E-state index contributed by atoms with van der Waals surface area (Å²) < 4.78 is 1.23. The van der Waals surface area contributed by atoms with E-state index in [2.05, 4.69) is 24.1 Å². The van der Waals surface area contributed by atoms with Crippen LogP contribution in [0.3, 0.4) is 0 Å². The Morgan fingerprint density at radius 2 is 1.92 bits per heavy atom. The van der Waals surface area contributed by atoms with Gasteiger partial charge in [-0.05, 0) is 56.0 Å². The molecule has 1 aromatic carbocycles. The van der Waals surface area contributed by atoms with Crippen molar-refractivity contribution >= 4 is 23.9 Å². The molecule has 0 saturated carbocycles. The van der Waals surface area contributed by atoms with Crippen molar-refractivity contribution in [1.29, 1.82) is 0 Å². The number of anilines is 2. The summed E-state index contributed by atoms with van der Waals surface area (Å²) >= 11 is 0. The smallest absolute Gasteiger partial charge is 0.329 e. The van der Waals surface area contributed by atoms with E-state index in [0.717, 1.165) is 31.4 Å². The molecule has 0 spiro atoms. The number of aromatic amines is 1. The first-order valence-electron chi connectivity index (χ1n) is 8.46. The molecule has 0 aliphatic carbocycles. The number of rotatable bonds is 8. The molecule has 0 atom stereocenters. The van der Waals surface area contributed by atoms with Crippen LogP contribution in [0, 0.1) is 6.92 Å². The van der Waals surface area contributed by atoms with Crippen molar-refractivity contribution in [3.63, 3.8) is 0 Å². The second-order valence-electron chi connectivity index (χ2n) is 5.95. The highest BCUT2D eigenvalue weighted by molar-refractivity contribution is 5.85. The van der Waals surface area contributed by atoms with Crippen LogP contribution in [0.5, 0.6) is 0 Å². The molecule has 2 aromatic rings. The molecule has 0 aliphatic rings. The number of hydrogen-bond acceptors (Lipinski definition) is 4. The fourth-order valence-electron chi connectivity index (χ4n) is 2.68. The Kier molecular flexibility index (Phi) is 8.45. The summed E-state index contributed by atoms with van der Waals surface area (Å²) in [5.74, 6) is 0.411. The van der Waals surface area contributed by atoms with E-state index >= 15 is 0 Å². The Hall–Kier alpha value is -2.05. The zero-order valence-electron chi connectivity index (χ0n) is 14.8. The quantitative estimate of drug-likeness (QED) is 0.626. The summed E-state index contributed by atoms with van der Waals surface area (Å²) in [6, 6.07) is 7.42. The van der Waals surface area contributed by atoms with Crippen LogP contribution in [0.1, 0.15) is 37.3 Å². The maximum Gasteiger partial charge on any atom is 0.329 e. The zero-order chi connectivity index (χ0) is 17.5. The molecule has 1 heterocycles. The fraction of sp³-hybridized carbons (Fsp3) is 0.444. The van der Waals surface area contributed by atoms with Crippen LogP contribution in [0.25, 0.3) is 0 Å². The van der Waals surface area contributed by atoms with E-state index in [9.17, 15) is 9.59 Å². The van der Waals surface area contributed by atoms with Gasteiger partial charge in [0.15, 0.2) is 0 Å². The average Bonchev–Trinajstić information content (AvgIpc) is 2.55. The Morgan fingerprint density at radius 1 is 1.16 bits per heavy atom. The molecule has 25 heavy (non-hydrogen) atoms. The van der Waals surface area contributed by atoms with Gasteiger partial charge in [-0.1, -0.05) is 19.4 Å². The predicted molar refractivity (Wildman–Crippen MR) is 105 cm³/mol. The van der Waals surface area contributed by atoms with Gasteiger partial charge >= 0.3 is 5.69 Å². The lowest BCUT2D eigenvalue weighted by Gasteiger charge is -2.11. The first kappa shape index (κ1) is 21.0. The molecule has 4 N–H and O–H groups in total. The maximum atomic E-state index is 12.2. The van der Waals surface area contributed by atoms with Crippen molar-refractivity contribution in [2.24, 2.45) is 5.73 Å². The van der Waals surface area contributed by atoms with E-state index in [4.69, 9.17) is 5.73 Å². The molecule has 7 heteroatoms. The largest absolute Gasteiger partial charge is 0.342 e. The van der Waals surface area contributed by atoms with Gasteiger partial charge < -0.3 is 11.1 Å². The monoisotopic (exact) mass is 366 g/mol. The molecular formula is C18H27ClN4O2. The second-order valence-corrected chi connectivity index (χ2v) is 5.95. The molecule has 2 rings (SSSR count). The Labute approximate surface area is 153 Å². The van der Waals surface area contributed by atoms with Crippen molar-refractivity contribution in [3.8, 4) is 0 Å². The van der Waals surface area contributed by atoms with E-state index in [0.29, 0.717) is 18.9 Å². The van der Waals surface area contributed by atoms with Gasteiger partial charge in [0.1, 0.15) is 5.82 Å². The molecule has 0 saturated heterocycles. The van der Waals surface area contributed by atoms with Gasteiger partial charge in [0, 0.05) is 18.3 Å². The summed E-state index contributed by atoms with van der Waals surface area (Å²) in [7, 11) is 0. The number of aryl methyl sites for hydroxylation is 2. The lowest BCUT2D eigenvalue weighted by molar-refractivity contribution is 0.557. The van der Waals surface area contributed by atoms with E-state index in [1.165, 1.54) is 21.8 Å². The number of benzene rings is 1. The van der Waals surface area contributed by atoms with Crippen LogP contribution in [-0.4, -0.2) is 16.1 Å². The van der Waals surface area contributed by atoms with E-state index in [1.54, 1.807) is 0 Å². The summed E-state index contributed by atoms with van der Waals surface area (Å²) in [6.45, 7) is 5.21. The Balaban J connectivity index is 0.00000312. The lowest BCUT2D eigenvalue weighted by atomic mass is 10.1. The van der Waals surface area contributed by atoms with E-state index < -0.39 is 0 Å². The van der Waals surface area contributed by atoms with E-state index in [-0.39, 0.29) is 23.7 Å². The zero-order valence-corrected chi connectivity index (χ0v) is 15.6. The van der Waals surface area contributed by atoms with Gasteiger partial charge in [0.2, 0.25) is 0 Å². The van der Waals surface area contributed by atoms with Crippen LogP contribution in [0.2, 0.25) is 0 Å². The molecule has 0 radical (unpaired) electrons. The molecule has 138 valence electrons. The summed E-state index contributed by atoms with van der Waals surface area (Å²) in [5.41, 5.74) is 8.08. The number of halogens is 1. The molecule has 0 bridgehead atoms. The van der Waals surface area contributed by atoms with Crippen LogP contribution in [-0.2, 0) is 13.0 Å². The lowest BCUT2D eigenvalue weighted by Crippen LogP contribution is -2.35. The first-order valence-corrected chi connectivity index (χ1v) is 8.46. The summed E-state index contributed by atoms with van der Waals surface area (Å²) in [6.07, 6.45) is 3.51. The maximum absolute atomic E-state index is 12.2. The summed E-state index contributed by atoms with van der Waals surface area (Å²) in [4.78, 5) is 27.0. The number of aromatic nitrogens is 2. The van der Waals surface area contributed by atoms with Gasteiger partial charge in [0.25, 0.3) is 5.56 Å². The number of nitrogens with one attached hydrogen (secondary N) is 2. The number of H-pyrrole nitrogens is 1. The third-order valence-corrected chi connectivity index (χ3v) is 4.12. The van der Waals surface area contributed by atoms with Gasteiger partial charge in [0.05, 0.1) is 0 Å². The molecule has 1 aromatic heterocycles. The number of nitrogens with two attached hydrogens (primary N) is 1. The fourth-order valence-corrected chi connectivity index (χ4v) is 2.68. The summed E-state index contributed by atoms with van der Waals surface area (Å²) in [5, 5.41) is 3.11. The number of nitrogens with zero attached hydrogens (tertiary/aromatic N) is 1. The van der Waals surface area contributed by atoms with Gasteiger partial charge in [-0.2, -0.15) is 0 Å². The topological polar surface area (TPSA) is 92.9 Å². The highest BCUT2D eigenvalue weighted by Gasteiger charge is 2.05. The molecule has 0 aliphatic heterocycles. The Bertz CT molecular complexity index is 767. The molecular weight excluding hydrogens is 340 g/mol. The minimum absolute atomic E-state index is 0. The van der Waals surface area contributed by atoms with Gasteiger partial charge in [-0.3, -0.25) is 14.3 Å². The Morgan fingerprint density at radius 3 is 2.56 bits per heavy atom. The molecule has 0 unspecified atom stereocenters. The standard InChI is InChI=1S/C18H26N4O2.ClH/c1-3-14-11-15(8-7-13(14)2)20-16-12-17(23)22(18(24)21-16)10-6-4-5-9-19;/h7-8,11-12,20H,3-6,9-10,19H2,1-2H3,(H,21,24);1H. The molecule has 6 nitrogen and oxygen atoms in total. The number of unbranched alkanes of at least 4 members (excludes halogenated alkanes) is 2. The third kappa shape index (κ3) is 5.76. The first-order chi connectivity index (χ1) is 11.5. The van der Waals surface area contributed by atoms with Crippen molar-refractivity contribution in [1.82, 2.24) is 9.55 Å². The van der Waals surface area contributed by atoms with Crippen molar-refractivity contribution < 1.29 is 0 Å². The number of hydrogen-bond donors (Lipinski definition) is 3. The van der Waals surface area contributed by atoms with Gasteiger partial charge in [-0.15, -0.1) is 12.4 Å². The SMILES string of the molecule is CCc1cc(Nc2cc(=O)n(CCCCCN)c(=O)[nH]2)ccc1C.Cl. The van der Waals surface area contributed by atoms with Gasteiger partial charge in [-0.25, -0.2) is 4.79 Å². The van der Waals surface area contributed by atoms with Crippen molar-refractivity contribution in [2.45, 2.75) is 46.1 Å². The third-order valence-electron chi connectivity index (χ3n) is 4.12. The minimum atomic E-state index is -0.388. The highest BCUT2D eigenvalue weighted by Crippen LogP contribution is 2.18. The second kappa shape index (κ2) is 10.1. The van der Waals surface area contributed by atoms with Crippen LogP contribution in [0.15, 0.2) is 33.9 Å². The minimum Gasteiger partial charge on any atom is -0.342 e. The normalized spacial score (nSPS) is 10.4. The van der Waals surface area contributed by atoms with Crippen molar-refractivity contribution in [2.75, 3.05) is 11.9 Å². The molecule has 0 amide bonds. The van der Waals surface area contributed by atoms with Crippen LogP contribution < -0.4 is 22.3 Å². The van der Waals surface area contributed by atoms with E-state index in [1.807, 2.05) is 18.2 Å². The van der Waals surface area contributed by atoms with Crippen molar-refractivity contribution in [3.05, 3.63) is 56.2 Å². The van der Waals surface area contributed by atoms with Crippen LogP contribution in [0.4, 0.5) is 11.5 Å². The highest BCUT2D eigenvalue weighted by atomic mass is 35.5. The molecule has 0 fully saturated rings. The average molecular weight is 367 g/mol.